The lowest BCUT2D eigenvalue weighted by Gasteiger charge is -2.13. The van der Waals surface area contributed by atoms with E-state index in [4.69, 9.17) is 21.7 Å². The van der Waals surface area contributed by atoms with Crippen molar-refractivity contribution in [1.29, 1.82) is 0 Å². The lowest BCUT2D eigenvalue weighted by Crippen LogP contribution is -2.33. The molecule has 1 aromatic carbocycles. The van der Waals surface area contributed by atoms with Gasteiger partial charge in [-0.15, -0.1) is 0 Å². The number of carboxylic acids is 1. The Labute approximate surface area is 144 Å². The molecule has 126 valence electrons. The summed E-state index contributed by atoms with van der Waals surface area (Å²) in [5.74, 6) is -1.03. The fourth-order valence-corrected chi connectivity index (χ4v) is 2.37. The third-order valence-electron chi connectivity index (χ3n) is 3.24. The van der Waals surface area contributed by atoms with Gasteiger partial charge >= 0.3 is 5.97 Å². The molecular formula is C17H18N2O4S. The molecule has 0 aliphatic rings. The maximum absolute atomic E-state index is 11.6. The highest BCUT2D eigenvalue weighted by molar-refractivity contribution is 7.80. The number of carbonyl (C=O) groups is 2. The van der Waals surface area contributed by atoms with Crippen molar-refractivity contribution in [3.05, 3.63) is 41.7 Å². The molecule has 0 radical (unpaired) electrons. The molecule has 0 saturated carbocycles. The van der Waals surface area contributed by atoms with Crippen LogP contribution >= 0.6 is 12.2 Å². The summed E-state index contributed by atoms with van der Waals surface area (Å²) in [5.41, 5.74) is 2.26. The van der Waals surface area contributed by atoms with E-state index in [1.165, 1.54) is 6.07 Å². The Morgan fingerprint density at radius 3 is 2.62 bits per heavy atom. The van der Waals surface area contributed by atoms with Crippen molar-refractivity contribution in [3.8, 4) is 11.3 Å². The van der Waals surface area contributed by atoms with Crippen LogP contribution in [0.15, 0.2) is 34.7 Å². The van der Waals surface area contributed by atoms with Gasteiger partial charge in [0.05, 0.1) is 5.69 Å². The molecule has 1 amide bonds. The Kier molecular flexibility index (Phi) is 5.70. The van der Waals surface area contributed by atoms with Crippen molar-refractivity contribution in [2.75, 3.05) is 5.32 Å². The van der Waals surface area contributed by atoms with Crippen LogP contribution in [-0.4, -0.2) is 22.1 Å². The van der Waals surface area contributed by atoms with E-state index < -0.39 is 5.97 Å². The maximum Gasteiger partial charge on any atom is 0.371 e. The number of nitrogens with one attached hydrogen (secondary N) is 2. The van der Waals surface area contributed by atoms with E-state index in [-0.39, 0.29) is 16.8 Å². The van der Waals surface area contributed by atoms with E-state index in [0.29, 0.717) is 23.4 Å². The van der Waals surface area contributed by atoms with E-state index in [1.807, 2.05) is 26.0 Å². The van der Waals surface area contributed by atoms with E-state index in [9.17, 15) is 9.59 Å². The zero-order valence-electron chi connectivity index (χ0n) is 13.4. The molecule has 0 aliphatic carbocycles. The van der Waals surface area contributed by atoms with Gasteiger partial charge in [0.25, 0.3) is 0 Å². The molecule has 1 heterocycles. The fraction of sp³-hybridized carbons (Fsp3) is 0.235. The van der Waals surface area contributed by atoms with Gasteiger partial charge in [-0.2, -0.15) is 0 Å². The Morgan fingerprint density at radius 1 is 1.25 bits per heavy atom. The maximum atomic E-state index is 11.6. The summed E-state index contributed by atoms with van der Waals surface area (Å²) in [6.45, 7) is 3.82. The van der Waals surface area contributed by atoms with Gasteiger partial charge in [-0.25, -0.2) is 4.79 Å². The number of amides is 1. The third kappa shape index (κ3) is 4.42. The first kappa shape index (κ1) is 17.7. The molecule has 0 unspecified atom stereocenters. The highest BCUT2D eigenvalue weighted by Crippen LogP contribution is 2.30. The zero-order valence-corrected chi connectivity index (χ0v) is 14.2. The first-order valence-electron chi connectivity index (χ1n) is 7.45. The number of carbonyl (C=O) groups excluding carboxylic acids is 1. The summed E-state index contributed by atoms with van der Waals surface area (Å²) < 4.78 is 5.34. The van der Waals surface area contributed by atoms with Crippen molar-refractivity contribution in [1.82, 2.24) is 5.32 Å². The number of aryl methyl sites for hydroxylation is 1. The van der Waals surface area contributed by atoms with Crippen LogP contribution in [0.1, 0.15) is 35.9 Å². The molecule has 0 bridgehead atoms. The Hall–Kier alpha value is -2.67. The third-order valence-corrected chi connectivity index (χ3v) is 3.44. The highest BCUT2D eigenvalue weighted by Gasteiger charge is 2.14. The van der Waals surface area contributed by atoms with Gasteiger partial charge in [0.15, 0.2) is 5.11 Å². The number of furan rings is 1. The Bertz CT molecular complexity index is 783. The topological polar surface area (TPSA) is 91.6 Å². The van der Waals surface area contributed by atoms with Gasteiger partial charge in [-0.05, 0) is 55.4 Å². The number of aromatic carboxylic acids is 1. The van der Waals surface area contributed by atoms with Gasteiger partial charge in [-0.1, -0.05) is 13.0 Å². The van der Waals surface area contributed by atoms with E-state index in [0.717, 1.165) is 12.0 Å². The average molecular weight is 346 g/mol. The quantitative estimate of drug-likeness (QED) is 0.717. The van der Waals surface area contributed by atoms with Crippen molar-refractivity contribution in [2.45, 2.75) is 26.7 Å². The van der Waals surface area contributed by atoms with Crippen LogP contribution in [0.2, 0.25) is 0 Å². The molecule has 7 heteroatoms. The van der Waals surface area contributed by atoms with Crippen LogP contribution in [0.4, 0.5) is 5.69 Å². The van der Waals surface area contributed by atoms with Crippen LogP contribution in [0.5, 0.6) is 0 Å². The summed E-state index contributed by atoms with van der Waals surface area (Å²) in [4.78, 5) is 22.6. The predicted molar refractivity (Wildman–Crippen MR) is 95.1 cm³/mol. The molecule has 0 saturated heterocycles. The summed E-state index contributed by atoms with van der Waals surface area (Å²) >= 11 is 5.16. The number of benzene rings is 1. The number of hydrogen-bond donors (Lipinski definition) is 3. The number of hydrogen-bond acceptors (Lipinski definition) is 4. The Morgan fingerprint density at radius 2 is 2.00 bits per heavy atom. The van der Waals surface area contributed by atoms with Crippen LogP contribution in [0.3, 0.4) is 0 Å². The second kappa shape index (κ2) is 7.74. The summed E-state index contributed by atoms with van der Waals surface area (Å²) in [6, 6.07) is 8.50. The molecule has 24 heavy (non-hydrogen) atoms. The number of carboxylic acid groups (broad SMARTS) is 1. The molecule has 1 aromatic heterocycles. The lowest BCUT2D eigenvalue weighted by atomic mass is 10.1. The molecule has 0 spiro atoms. The second-order valence-corrected chi connectivity index (χ2v) is 5.68. The molecule has 2 rings (SSSR count). The monoisotopic (exact) mass is 346 g/mol. The average Bonchev–Trinajstić information content (AvgIpc) is 2.97. The second-order valence-electron chi connectivity index (χ2n) is 5.27. The largest absolute Gasteiger partial charge is 0.475 e. The van der Waals surface area contributed by atoms with E-state index >= 15 is 0 Å². The first-order chi connectivity index (χ1) is 11.4. The molecule has 3 N–H and O–H groups in total. The Balaban J connectivity index is 2.25. The minimum absolute atomic E-state index is 0.143. The molecular weight excluding hydrogens is 328 g/mol. The van der Waals surface area contributed by atoms with Gasteiger partial charge in [0.2, 0.25) is 11.7 Å². The molecule has 0 atom stereocenters. The predicted octanol–water partition coefficient (Wildman–Crippen LogP) is 3.57. The SMILES string of the molecule is CCCC(=O)NC(=S)Nc1cc(C)ccc1-c1ccc(C(=O)O)o1. The number of anilines is 1. The smallest absolute Gasteiger partial charge is 0.371 e. The molecule has 2 aromatic rings. The minimum Gasteiger partial charge on any atom is -0.475 e. The number of thiocarbonyl (C=S) groups is 1. The van der Waals surface area contributed by atoms with Gasteiger partial charge in [0.1, 0.15) is 5.76 Å². The molecule has 0 aliphatic heterocycles. The fourth-order valence-electron chi connectivity index (χ4n) is 2.14. The van der Waals surface area contributed by atoms with Gasteiger partial charge in [0, 0.05) is 12.0 Å². The van der Waals surface area contributed by atoms with Crippen molar-refractivity contribution >= 4 is 34.9 Å². The van der Waals surface area contributed by atoms with Gasteiger partial charge < -0.3 is 20.2 Å². The summed E-state index contributed by atoms with van der Waals surface area (Å²) in [6.07, 6.45) is 1.12. The standard InChI is InChI=1S/C17H18N2O4S/c1-3-4-15(20)19-17(24)18-12-9-10(2)5-6-11(12)13-7-8-14(23-13)16(21)22/h5-9H,3-4H2,1-2H3,(H,21,22)(H2,18,19,20,24). The normalized spacial score (nSPS) is 10.2. The lowest BCUT2D eigenvalue weighted by molar-refractivity contribution is -0.119. The van der Waals surface area contributed by atoms with Crippen LogP contribution < -0.4 is 10.6 Å². The van der Waals surface area contributed by atoms with Crippen molar-refractivity contribution < 1.29 is 19.1 Å². The van der Waals surface area contributed by atoms with Crippen molar-refractivity contribution in [2.24, 2.45) is 0 Å². The van der Waals surface area contributed by atoms with Crippen LogP contribution in [-0.2, 0) is 4.79 Å². The van der Waals surface area contributed by atoms with E-state index in [1.54, 1.807) is 12.1 Å². The van der Waals surface area contributed by atoms with Crippen LogP contribution in [0, 0.1) is 6.92 Å². The number of rotatable bonds is 5. The van der Waals surface area contributed by atoms with Crippen molar-refractivity contribution in [3.63, 3.8) is 0 Å². The zero-order chi connectivity index (χ0) is 17.7. The summed E-state index contributed by atoms with van der Waals surface area (Å²) in [5, 5.41) is 14.7. The molecule has 6 nitrogen and oxygen atoms in total. The highest BCUT2D eigenvalue weighted by atomic mass is 32.1. The molecule has 0 fully saturated rings. The minimum atomic E-state index is -1.13. The first-order valence-corrected chi connectivity index (χ1v) is 7.86. The van der Waals surface area contributed by atoms with E-state index in [2.05, 4.69) is 10.6 Å². The van der Waals surface area contributed by atoms with Gasteiger partial charge in [-0.3, -0.25) is 4.79 Å². The van der Waals surface area contributed by atoms with Crippen LogP contribution in [0.25, 0.3) is 11.3 Å². The summed E-state index contributed by atoms with van der Waals surface area (Å²) in [7, 11) is 0.